The van der Waals surface area contributed by atoms with Crippen molar-refractivity contribution in [2.75, 3.05) is 32.8 Å². The molecule has 106 valence electrons. The normalized spacial score (nSPS) is 22.4. The van der Waals surface area contributed by atoms with Crippen molar-refractivity contribution >= 4 is 5.97 Å². The molecular weight excluding hydrogens is 228 g/mol. The standard InChI is InChI=1S/C14H28N2O2/c1-5-13(14(17)18-8-4)16-10-9-12(11-16)15(6-2)7-3/h12-13H,5-11H2,1-4H3. The zero-order valence-corrected chi connectivity index (χ0v) is 12.3. The van der Waals surface area contributed by atoms with Crippen molar-refractivity contribution in [3.8, 4) is 0 Å². The van der Waals surface area contributed by atoms with Crippen LogP contribution >= 0.6 is 0 Å². The van der Waals surface area contributed by atoms with E-state index in [2.05, 4.69) is 30.6 Å². The van der Waals surface area contributed by atoms with Gasteiger partial charge in [0.2, 0.25) is 0 Å². The van der Waals surface area contributed by atoms with Crippen LogP contribution in [0.15, 0.2) is 0 Å². The molecule has 0 bridgehead atoms. The van der Waals surface area contributed by atoms with Crippen molar-refractivity contribution < 1.29 is 9.53 Å². The molecule has 18 heavy (non-hydrogen) atoms. The van der Waals surface area contributed by atoms with E-state index >= 15 is 0 Å². The van der Waals surface area contributed by atoms with Crippen molar-refractivity contribution in [2.24, 2.45) is 0 Å². The summed E-state index contributed by atoms with van der Waals surface area (Å²) in [5, 5.41) is 0. The maximum Gasteiger partial charge on any atom is 0.323 e. The molecule has 0 aliphatic carbocycles. The molecule has 1 saturated heterocycles. The van der Waals surface area contributed by atoms with Crippen molar-refractivity contribution in [2.45, 2.75) is 52.6 Å². The number of likely N-dealkylation sites (tertiary alicyclic amines) is 1. The summed E-state index contributed by atoms with van der Waals surface area (Å²) < 4.78 is 5.16. The minimum atomic E-state index is -0.0554. The van der Waals surface area contributed by atoms with Crippen molar-refractivity contribution in [1.82, 2.24) is 9.80 Å². The van der Waals surface area contributed by atoms with E-state index in [-0.39, 0.29) is 12.0 Å². The van der Waals surface area contributed by atoms with Gasteiger partial charge in [-0.15, -0.1) is 0 Å². The van der Waals surface area contributed by atoms with Gasteiger partial charge in [-0.25, -0.2) is 0 Å². The van der Waals surface area contributed by atoms with Crippen LogP contribution in [-0.2, 0) is 9.53 Å². The van der Waals surface area contributed by atoms with Crippen LogP contribution < -0.4 is 0 Å². The molecule has 0 radical (unpaired) electrons. The van der Waals surface area contributed by atoms with Gasteiger partial charge in [0.15, 0.2) is 0 Å². The second-order valence-electron chi connectivity index (χ2n) is 4.83. The lowest BCUT2D eigenvalue weighted by atomic mass is 10.2. The van der Waals surface area contributed by atoms with Crippen LogP contribution in [0.5, 0.6) is 0 Å². The molecule has 1 aliphatic heterocycles. The summed E-state index contributed by atoms with van der Waals surface area (Å²) in [6, 6.07) is 0.550. The molecule has 1 heterocycles. The number of rotatable bonds is 7. The third kappa shape index (κ3) is 3.69. The molecular formula is C14H28N2O2. The van der Waals surface area contributed by atoms with Crippen LogP contribution in [0.2, 0.25) is 0 Å². The first-order valence-electron chi connectivity index (χ1n) is 7.32. The topological polar surface area (TPSA) is 32.8 Å². The summed E-state index contributed by atoms with van der Waals surface area (Å²) in [4.78, 5) is 16.7. The summed E-state index contributed by atoms with van der Waals surface area (Å²) in [6.07, 6.45) is 2.00. The number of hydrogen-bond acceptors (Lipinski definition) is 4. The Hall–Kier alpha value is -0.610. The van der Waals surface area contributed by atoms with Gasteiger partial charge in [0.05, 0.1) is 6.61 Å². The average molecular weight is 256 g/mol. The Morgan fingerprint density at radius 3 is 2.50 bits per heavy atom. The smallest absolute Gasteiger partial charge is 0.323 e. The molecule has 0 aromatic rings. The number of ether oxygens (including phenoxy) is 1. The van der Waals surface area contributed by atoms with Crippen LogP contribution in [0.1, 0.15) is 40.5 Å². The molecule has 0 aromatic carbocycles. The van der Waals surface area contributed by atoms with E-state index in [0.29, 0.717) is 12.6 Å². The predicted octanol–water partition coefficient (Wildman–Crippen LogP) is 1.74. The predicted molar refractivity (Wildman–Crippen MR) is 73.6 cm³/mol. The first kappa shape index (κ1) is 15.4. The highest BCUT2D eigenvalue weighted by Crippen LogP contribution is 2.20. The minimum Gasteiger partial charge on any atom is -0.465 e. The van der Waals surface area contributed by atoms with E-state index in [1.54, 1.807) is 0 Å². The third-order valence-electron chi connectivity index (χ3n) is 3.91. The first-order valence-corrected chi connectivity index (χ1v) is 7.32. The Morgan fingerprint density at radius 1 is 1.33 bits per heavy atom. The van der Waals surface area contributed by atoms with Crippen LogP contribution in [0.25, 0.3) is 0 Å². The van der Waals surface area contributed by atoms with Gasteiger partial charge in [0, 0.05) is 19.1 Å². The molecule has 0 spiro atoms. The molecule has 0 aromatic heterocycles. The van der Waals surface area contributed by atoms with Crippen molar-refractivity contribution in [3.05, 3.63) is 0 Å². The number of nitrogens with zero attached hydrogens (tertiary/aromatic N) is 2. The number of esters is 1. The number of carbonyl (C=O) groups is 1. The molecule has 1 fully saturated rings. The molecule has 0 amide bonds. The second-order valence-corrected chi connectivity index (χ2v) is 4.83. The lowest BCUT2D eigenvalue weighted by Crippen LogP contribution is -2.43. The quantitative estimate of drug-likeness (QED) is 0.650. The van der Waals surface area contributed by atoms with Gasteiger partial charge in [0.1, 0.15) is 6.04 Å². The fourth-order valence-electron chi connectivity index (χ4n) is 2.90. The van der Waals surface area contributed by atoms with Gasteiger partial charge in [-0.3, -0.25) is 14.6 Å². The Balaban J connectivity index is 2.55. The average Bonchev–Trinajstić information content (AvgIpc) is 2.81. The highest BCUT2D eigenvalue weighted by molar-refractivity contribution is 5.75. The SMILES string of the molecule is CCOC(=O)C(CC)N1CCC(N(CC)CC)C1. The molecule has 0 saturated carbocycles. The molecule has 4 nitrogen and oxygen atoms in total. The van der Waals surface area contributed by atoms with Crippen LogP contribution in [0.3, 0.4) is 0 Å². The zero-order valence-electron chi connectivity index (χ0n) is 12.3. The van der Waals surface area contributed by atoms with Crippen LogP contribution in [-0.4, -0.2) is 60.6 Å². The Kier molecular flexibility index (Phi) is 6.65. The van der Waals surface area contributed by atoms with Crippen molar-refractivity contribution in [1.29, 1.82) is 0 Å². The van der Waals surface area contributed by atoms with Crippen LogP contribution in [0, 0.1) is 0 Å². The van der Waals surface area contributed by atoms with Crippen molar-refractivity contribution in [3.63, 3.8) is 0 Å². The maximum atomic E-state index is 11.9. The van der Waals surface area contributed by atoms with E-state index in [1.807, 2.05) is 6.92 Å². The summed E-state index contributed by atoms with van der Waals surface area (Å²) in [6.45, 7) is 13.0. The lowest BCUT2D eigenvalue weighted by molar-refractivity contribution is -0.149. The van der Waals surface area contributed by atoms with Gasteiger partial charge in [-0.05, 0) is 32.9 Å². The lowest BCUT2D eigenvalue weighted by Gasteiger charge is -2.28. The summed E-state index contributed by atoms with van der Waals surface area (Å²) in [5.74, 6) is -0.0554. The second kappa shape index (κ2) is 7.74. The van der Waals surface area contributed by atoms with E-state index in [4.69, 9.17) is 4.74 Å². The fourth-order valence-corrected chi connectivity index (χ4v) is 2.90. The Labute approximate surface area is 111 Å². The molecule has 2 atom stereocenters. The monoisotopic (exact) mass is 256 g/mol. The fraction of sp³-hybridized carbons (Fsp3) is 0.929. The molecule has 2 unspecified atom stereocenters. The maximum absolute atomic E-state index is 11.9. The first-order chi connectivity index (χ1) is 8.67. The van der Waals surface area contributed by atoms with Gasteiger partial charge < -0.3 is 4.74 Å². The molecule has 1 rings (SSSR count). The molecule has 4 heteroatoms. The molecule has 0 N–H and O–H groups in total. The zero-order chi connectivity index (χ0) is 13.5. The largest absolute Gasteiger partial charge is 0.465 e. The summed E-state index contributed by atoms with van der Waals surface area (Å²) >= 11 is 0. The third-order valence-corrected chi connectivity index (χ3v) is 3.91. The highest BCUT2D eigenvalue weighted by atomic mass is 16.5. The number of hydrogen-bond donors (Lipinski definition) is 0. The molecule has 1 aliphatic rings. The van der Waals surface area contributed by atoms with Gasteiger partial charge in [0.25, 0.3) is 0 Å². The van der Waals surface area contributed by atoms with Gasteiger partial charge >= 0.3 is 5.97 Å². The van der Waals surface area contributed by atoms with E-state index in [9.17, 15) is 4.79 Å². The van der Waals surface area contributed by atoms with Gasteiger partial charge in [-0.1, -0.05) is 20.8 Å². The summed E-state index contributed by atoms with van der Waals surface area (Å²) in [7, 11) is 0. The number of carbonyl (C=O) groups excluding carboxylic acids is 1. The highest BCUT2D eigenvalue weighted by Gasteiger charge is 2.33. The van der Waals surface area contributed by atoms with E-state index in [1.165, 1.54) is 0 Å². The Bertz CT molecular complexity index is 254. The van der Waals surface area contributed by atoms with Gasteiger partial charge in [-0.2, -0.15) is 0 Å². The minimum absolute atomic E-state index is 0.0505. The number of likely N-dealkylation sites (N-methyl/N-ethyl adjacent to an activating group) is 1. The summed E-state index contributed by atoms with van der Waals surface area (Å²) in [5.41, 5.74) is 0. The van der Waals surface area contributed by atoms with E-state index in [0.717, 1.165) is 39.0 Å². The van der Waals surface area contributed by atoms with Crippen LogP contribution in [0.4, 0.5) is 0 Å². The Morgan fingerprint density at radius 2 is 2.00 bits per heavy atom. The van der Waals surface area contributed by atoms with E-state index < -0.39 is 0 Å².